The average molecular weight is 273 g/mol. The molecule has 0 fully saturated rings. The topological polar surface area (TPSA) is 83.5 Å². The zero-order valence-electron chi connectivity index (χ0n) is 11.1. The molecule has 0 aliphatic heterocycles. The van der Waals surface area contributed by atoms with Crippen LogP contribution in [0.2, 0.25) is 0 Å². The van der Waals surface area contributed by atoms with Gasteiger partial charge in [-0.1, -0.05) is 24.3 Å². The fraction of sp³-hybridized carbons (Fsp3) is 0.267. The van der Waals surface area contributed by atoms with E-state index < -0.39 is 5.97 Å². The normalized spacial score (nSPS) is 14.2. The highest BCUT2D eigenvalue weighted by atomic mass is 16.4. The summed E-state index contributed by atoms with van der Waals surface area (Å²) in [6, 6.07) is 6.70. The first kappa shape index (κ1) is 14.0. The summed E-state index contributed by atoms with van der Waals surface area (Å²) in [5.74, 6) is -1.26. The number of ketones is 2. The molecule has 1 aromatic rings. The lowest BCUT2D eigenvalue weighted by atomic mass is 9.88. The molecule has 1 aromatic carbocycles. The van der Waals surface area contributed by atoms with Crippen LogP contribution in [0.15, 0.2) is 35.5 Å². The van der Waals surface area contributed by atoms with Gasteiger partial charge in [-0.3, -0.25) is 14.4 Å². The molecule has 0 saturated heterocycles. The van der Waals surface area contributed by atoms with Gasteiger partial charge in [-0.2, -0.15) is 0 Å². The van der Waals surface area contributed by atoms with Crippen molar-refractivity contribution in [3.63, 3.8) is 0 Å². The van der Waals surface area contributed by atoms with Gasteiger partial charge in [-0.25, -0.2) is 0 Å². The third-order valence-electron chi connectivity index (χ3n) is 3.23. The lowest BCUT2D eigenvalue weighted by Crippen LogP contribution is -2.30. The molecule has 0 spiro atoms. The maximum Gasteiger partial charge on any atom is 0.303 e. The maximum atomic E-state index is 12.3. The molecule has 2 rings (SSSR count). The Morgan fingerprint density at radius 2 is 1.75 bits per heavy atom. The average Bonchev–Trinajstić information content (AvgIpc) is 2.44. The van der Waals surface area contributed by atoms with Crippen molar-refractivity contribution in [1.82, 2.24) is 5.32 Å². The highest BCUT2D eigenvalue weighted by molar-refractivity contribution is 6.26. The molecule has 1 aliphatic carbocycles. The van der Waals surface area contributed by atoms with Crippen LogP contribution in [0.3, 0.4) is 0 Å². The molecule has 0 atom stereocenters. The van der Waals surface area contributed by atoms with Crippen LogP contribution >= 0.6 is 0 Å². The van der Waals surface area contributed by atoms with Crippen molar-refractivity contribution < 1.29 is 19.5 Å². The van der Waals surface area contributed by atoms with Crippen LogP contribution in [0.1, 0.15) is 40.5 Å². The van der Waals surface area contributed by atoms with Gasteiger partial charge < -0.3 is 10.4 Å². The summed E-state index contributed by atoms with van der Waals surface area (Å²) in [5.41, 5.74) is 1.47. The van der Waals surface area contributed by atoms with Crippen molar-refractivity contribution >= 4 is 17.5 Å². The Kier molecular flexibility index (Phi) is 3.98. The Balaban J connectivity index is 2.17. The van der Waals surface area contributed by atoms with E-state index in [1.807, 2.05) is 0 Å². The quantitative estimate of drug-likeness (QED) is 0.799. The summed E-state index contributed by atoms with van der Waals surface area (Å²) in [6.07, 6.45) is 0.424. The van der Waals surface area contributed by atoms with E-state index in [2.05, 4.69) is 5.32 Å². The standard InChI is InChI=1S/C15H15NO4/c1-9-13(16-8-4-7-12(17)18)15(20)11-6-3-2-5-10(11)14(9)19/h2-3,5-6,16H,4,7-8H2,1H3,(H,17,18). The minimum atomic E-state index is -0.881. The number of carbonyl (C=O) groups excluding carboxylic acids is 2. The van der Waals surface area contributed by atoms with E-state index >= 15 is 0 Å². The van der Waals surface area contributed by atoms with E-state index in [1.165, 1.54) is 0 Å². The number of benzene rings is 1. The van der Waals surface area contributed by atoms with E-state index in [4.69, 9.17) is 5.11 Å². The highest BCUT2D eigenvalue weighted by Gasteiger charge is 2.29. The van der Waals surface area contributed by atoms with Gasteiger partial charge >= 0.3 is 5.97 Å². The van der Waals surface area contributed by atoms with Crippen molar-refractivity contribution in [2.45, 2.75) is 19.8 Å². The molecule has 104 valence electrons. The number of Topliss-reactive ketones (excluding diaryl/α,β-unsaturated/α-hetero) is 2. The fourth-order valence-corrected chi connectivity index (χ4v) is 2.17. The lowest BCUT2D eigenvalue weighted by molar-refractivity contribution is -0.137. The molecule has 0 aromatic heterocycles. The van der Waals surface area contributed by atoms with Crippen LogP contribution in [-0.2, 0) is 4.79 Å². The number of fused-ring (bicyclic) bond motifs is 1. The van der Waals surface area contributed by atoms with E-state index in [-0.39, 0.29) is 23.7 Å². The van der Waals surface area contributed by atoms with Crippen LogP contribution in [0.25, 0.3) is 0 Å². The Morgan fingerprint density at radius 1 is 1.15 bits per heavy atom. The Morgan fingerprint density at radius 3 is 2.35 bits per heavy atom. The van der Waals surface area contributed by atoms with Crippen LogP contribution in [0.4, 0.5) is 0 Å². The molecule has 1 aliphatic rings. The van der Waals surface area contributed by atoms with Crippen molar-refractivity contribution in [1.29, 1.82) is 0 Å². The molecule has 0 heterocycles. The minimum absolute atomic E-state index is 0.0258. The summed E-state index contributed by atoms with van der Waals surface area (Å²) in [4.78, 5) is 34.9. The Labute approximate surface area is 116 Å². The van der Waals surface area contributed by atoms with Crippen molar-refractivity contribution in [2.75, 3.05) is 6.54 Å². The summed E-state index contributed by atoms with van der Waals surface area (Å²) in [7, 11) is 0. The summed E-state index contributed by atoms with van der Waals surface area (Å²) in [6.45, 7) is 1.95. The van der Waals surface area contributed by atoms with Gasteiger partial charge in [0.25, 0.3) is 0 Å². The van der Waals surface area contributed by atoms with Crippen LogP contribution in [-0.4, -0.2) is 29.2 Å². The van der Waals surface area contributed by atoms with Gasteiger partial charge in [0.1, 0.15) is 0 Å². The molecule has 20 heavy (non-hydrogen) atoms. The largest absolute Gasteiger partial charge is 0.481 e. The predicted molar refractivity (Wildman–Crippen MR) is 72.7 cm³/mol. The van der Waals surface area contributed by atoms with Crippen molar-refractivity contribution in [3.05, 3.63) is 46.7 Å². The number of carboxylic acids is 1. The van der Waals surface area contributed by atoms with E-state index in [1.54, 1.807) is 31.2 Å². The molecule has 0 amide bonds. The third kappa shape index (κ3) is 2.61. The molecule has 0 bridgehead atoms. The molecule has 5 nitrogen and oxygen atoms in total. The smallest absolute Gasteiger partial charge is 0.303 e. The fourth-order valence-electron chi connectivity index (χ4n) is 2.17. The molecular weight excluding hydrogens is 258 g/mol. The zero-order valence-corrected chi connectivity index (χ0v) is 11.1. The number of aliphatic carboxylic acids is 1. The van der Waals surface area contributed by atoms with Gasteiger partial charge in [0.05, 0.1) is 5.70 Å². The van der Waals surface area contributed by atoms with E-state index in [9.17, 15) is 14.4 Å². The first-order valence-corrected chi connectivity index (χ1v) is 6.37. The minimum Gasteiger partial charge on any atom is -0.481 e. The van der Waals surface area contributed by atoms with Gasteiger partial charge in [0, 0.05) is 29.7 Å². The summed E-state index contributed by atoms with van der Waals surface area (Å²) < 4.78 is 0. The maximum absolute atomic E-state index is 12.3. The first-order chi connectivity index (χ1) is 9.52. The number of hydrogen-bond acceptors (Lipinski definition) is 4. The highest BCUT2D eigenvalue weighted by Crippen LogP contribution is 2.24. The second-order valence-electron chi connectivity index (χ2n) is 4.63. The number of nitrogens with one attached hydrogen (secondary N) is 1. The molecule has 5 heteroatoms. The molecular formula is C15H15NO4. The van der Waals surface area contributed by atoms with Crippen LogP contribution in [0, 0.1) is 0 Å². The zero-order chi connectivity index (χ0) is 14.7. The van der Waals surface area contributed by atoms with Gasteiger partial charge in [0.2, 0.25) is 5.78 Å². The van der Waals surface area contributed by atoms with Crippen molar-refractivity contribution in [3.8, 4) is 0 Å². The molecule has 2 N–H and O–H groups in total. The van der Waals surface area contributed by atoms with Gasteiger partial charge in [-0.15, -0.1) is 0 Å². The number of rotatable bonds is 5. The third-order valence-corrected chi connectivity index (χ3v) is 3.23. The predicted octanol–water partition coefficient (Wildman–Crippen LogP) is 1.79. The van der Waals surface area contributed by atoms with Gasteiger partial charge in [0.15, 0.2) is 5.78 Å². The molecule has 0 unspecified atom stereocenters. The number of carboxylic acid groups (broad SMARTS) is 1. The Bertz CT molecular complexity index is 616. The first-order valence-electron chi connectivity index (χ1n) is 6.37. The van der Waals surface area contributed by atoms with Crippen LogP contribution in [0.5, 0.6) is 0 Å². The summed E-state index contributed by atoms with van der Waals surface area (Å²) >= 11 is 0. The molecule has 0 saturated carbocycles. The van der Waals surface area contributed by atoms with E-state index in [0.29, 0.717) is 29.7 Å². The monoisotopic (exact) mass is 273 g/mol. The SMILES string of the molecule is CC1=C(NCCCC(=O)O)C(=O)c2ccccc2C1=O. The molecule has 0 radical (unpaired) electrons. The summed E-state index contributed by atoms with van der Waals surface area (Å²) in [5, 5.41) is 11.5. The van der Waals surface area contributed by atoms with Crippen LogP contribution < -0.4 is 5.32 Å². The Hall–Kier alpha value is -2.43. The lowest BCUT2D eigenvalue weighted by Gasteiger charge is -2.19. The number of hydrogen-bond donors (Lipinski definition) is 2. The second-order valence-corrected chi connectivity index (χ2v) is 4.63. The van der Waals surface area contributed by atoms with Crippen molar-refractivity contribution in [2.24, 2.45) is 0 Å². The second kappa shape index (κ2) is 5.69. The van der Waals surface area contributed by atoms with Gasteiger partial charge in [-0.05, 0) is 13.3 Å². The number of carbonyl (C=O) groups is 3. The van der Waals surface area contributed by atoms with E-state index in [0.717, 1.165) is 0 Å². The number of allylic oxidation sites excluding steroid dienone is 2.